The van der Waals surface area contributed by atoms with E-state index in [1.54, 1.807) is 49.6 Å². The average molecular weight is 461 g/mol. The summed E-state index contributed by atoms with van der Waals surface area (Å²) in [5.41, 5.74) is 1.59. The Morgan fingerprint density at radius 3 is 2.68 bits per heavy atom. The number of esters is 1. The van der Waals surface area contributed by atoms with Crippen LogP contribution < -0.4 is 10.1 Å². The highest BCUT2D eigenvalue weighted by Crippen LogP contribution is 2.33. The Balaban J connectivity index is 1.72. The van der Waals surface area contributed by atoms with Gasteiger partial charge in [0.05, 0.1) is 31.1 Å². The largest absolute Gasteiger partial charge is 0.496 e. The van der Waals surface area contributed by atoms with Crippen molar-refractivity contribution in [2.45, 2.75) is 18.6 Å². The number of nitrogens with zero attached hydrogens (tertiary/aromatic N) is 3. The fourth-order valence-corrected chi connectivity index (χ4v) is 3.88. The van der Waals surface area contributed by atoms with Crippen molar-refractivity contribution < 1.29 is 19.1 Å². The number of methoxy groups -OCH3 is 2. The molecular weight excluding hydrogens is 440 g/mol. The summed E-state index contributed by atoms with van der Waals surface area (Å²) in [7, 11) is 2.88. The first-order chi connectivity index (χ1) is 15.0. The standard InChI is InChI=1S/C21H21ClN4O4S/c1-4-26-19(16-11-14(22)8-9-17(16)29-2)24-25-21(26)31-12-18(27)23-15-7-5-6-13(10-15)20(28)30-3/h5-11H,4,12H2,1-3H3,(H,23,27). The molecule has 3 aromatic rings. The summed E-state index contributed by atoms with van der Waals surface area (Å²) in [6, 6.07) is 11.8. The lowest BCUT2D eigenvalue weighted by molar-refractivity contribution is -0.113. The molecule has 3 rings (SSSR count). The van der Waals surface area contributed by atoms with Crippen LogP contribution >= 0.6 is 23.4 Å². The second-order valence-electron chi connectivity index (χ2n) is 6.30. The van der Waals surface area contributed by atoms with E-state index in [0.29, 0.717) is 39.5 Å². The van der Waals surface area contributed by atoms with Gasteiger partial charge in [-0.15, -0.1) is 10.2 Å². The number of thioether (sulfide) groups is 1. The van der Waals surface area contributed by atoms with Gasteiger partial charge in [0.25, 0.3) is 0 Å². The molecule has 0 fully saturated rings. The minimum Gasteiger partial charge on any atom is -0.496 e. The van der Waals surface area contributed by atoms with Crippen LogP contribution in [0.1, 0.15) is 17.3 Å². The molecule has 0 radical (unpaired) electrons. The van der Waals surface area contributed by atoms with E-state index in [9.17, 15) is 9.59 Å². The Morgan fingerprint density at radius 1 is 1.16 bits per heavy atom. The first-order valence-electron chi connectivity index (χ1n) is 9.35. The maximum Gasteiger partial charge on any atom is 0.337 e. The summed E-state index contributed by atoms with van der Waals surface area (Å²) in [4.78, 5) is 24.1. The molecule has 0 aliphatic heterocycles. The van der Waals surface area contributed by atoms with Gasteiger partial charge in [0.2, 0.25) is 5.91 Å². The van der Waals surface area contributed by atoms with Gasteiger partial charge >= 0.3 is 5.97 Å². The minimum absolute atomic E-state index is 0.118. The number of carbonyl (C=O) groups excluding carboxylic acids is 2. The van der Waals surface area contributed by atoms with Gasteiger partial charge < -0.3 is 19.4 Å². The fraction of sp³-hybridized carbons (Fsp3) is 0.238. The SMILES string of the molecule is CCn1c(SCC(=O)Nc2cccc(C(=O)OC)c2)nnc1-c1cc(Cl)ccc1OC. The molecule has 0 spiro atoms. The lowest BCUT2D eigenvalue weighted by Gasteiger charge is -2.11. The number of hydrogen-bond acceptors (Lipinski definition) is 7. The number of ether oxygens (including phenoxy) is 2. The number of hydrogen-bond donors (Lipinski definition) is 1. The van der Waals surface area contributed by atoms with Crippen molar-refractivity contribution in [3.8, 4) is 17.1 Å². The highest BCUT2D eigenvalue weighted by molar-refractivity contribution is 7.99. The Bertz CT molecular complexity index is 1100. The highest BCUT2D eigenvalue weighted by atomic mass is 35.5. The van der Waals surface area contributed by atoms with Gasteiger partial charge in [-0.05, 0) is 43.3 Å². The number of nitrogens with one attached hydrogen (secondary N) is 1. The molecule has 0 bridgehead atoms. The van der Waals surface area contributed by atoms with Crippen molar-refractivity contribution in [2.24, 2.45) is 0 Å². The van der Waals surface area contributed by atoms with E-state index in [2.05, 4.69) is 15.5 Å². The number of amides is 1. The van der Waals surface area contributed by atoms with Crippen molar-refractivity contribution in [3.05, 3.63) is 53.1 Å². The highest BCUT2D eigenvalue weighted by Gasteiger charge is 2.18. The van der Waals surface area contributed by atoms with Crippen LogP contribution in [0.5, 0.6) is 5.75 Å². The van der Waals surface area contributed by atoms with Crippen molar-refractivity contribution in [3.63, 3.8) is 0 Å². The van der Waals surface area contributed by atoms with Crippen molar-refractivity contribution >= 4 is 40.9 Å². The first-order valence-corrected chi connectivity index (χ1v) is 10.7. The van der Waals surface area contributed by atoms with Gasteiger partial charge in [0.15, 0.2) is 11.0 Å². The van der Waals surface area contributed by atoms with Crippen molar-refractivity contribution in [1.82, 2.24) is 14.8 Å². The Labute approximate surface area is 188 Å². The molecule has 2 aromatic carbocycles. The monoisotopic (exact) mass is 460 g/mol. The fourth-order valence-electron chi connectivity index (χ4n) is 2.90. The third-order valence-electron chi connectivity index (χ3n) is 4.34. The minimum atomic E-state index is -0.467. The smallest absolute Gasteiger partial charge is 0.337 e. The average Bonchev–Trinajstić information content (AvgIpc) is 3.20. The molecule has 31 heavy (non-hydrogen) atoms. The van der Waals surface area contributed by atoms with E-state index in [4.69, 9.17) is 21.1 Å². The van der Waals surface area contributed by atoms with Crippen LogP contribution in [0.3, 0.4) is 0 Å². The van der Waals surface area contributed by atoms with Crippen LogP contribution in [-0.4, -0.2) is 46.6 Å². The third-order valence-corrected chi connectivity index (χ3v) is 5.54. The van der Waals surface area contributed by atoms with E-state index >= 15 is 0 Å². The molecule has 8 nitrogen and oxygen atoms in total. The van der Waals surface area contributed by atoms with Gasteiger partial charge in [0.1, 0.15) is 5.75 Å². The normalized spacial score (nSPS) is 10.6. The van der Waals surface area contributed by atoms with Crippen LogP contribution in [0.2, 0.25) is 5.02 Å². The number of halogens is 1. The molecular formula is C21H21ClN4O4S. The summed E-state index contributed by atoms with van der Waals surface area (Å²) in [6.07, 6.45) is 0. The molecule has 0 aliphatic carbocycles. The van der Waals surface area contributed by atoms with Crippen molar-refractivity contribution in [2.75, 3.05) is 25.3 Å². The lowest BCUT2D eigenvalue weighted by Crippen LogP contribution is -2.15. The quantitative estimate of drug-likeness (QED) is 0.398. The number of anilines is 1. The van der Waals surface area contributed by atoms with Gasteiger partial charge in [-0.2, -0.15) is 0 Å². The van der Waals surface area contributed by atoms with E-state index < -0.39 is 5.97 Å². The molecule has 1 aromatic heterocycles. The van der Waals surface area contributed by atoms with Gasteiger partial charge in [-0.3, -0.25) is 4.79 Å². The second-order valence-corrected chi connectivity index (χ2v) is 7.68. The number of benzene rings is 2. The predicted octanol–water partition coefficient (Wildman–Crippen LogP) is 4.14. The molecule has 162 valence electrons. The van der Waals surface area contributed by atoms with Crippen LogP contribution in [-0.2, 0) is 16.1 Å². The van der Waals surface area contributed by atoms with E-state index in [-0.39, 0.29) is 11.7 Å². The molecule has 10 heteroatoms. The number of carbonyl (C=O) groups is 2. The maximum absolute atomic E-state index is 12.4. The van der Waals surface area contributed by atoms with Gasteiger partial charge in [0, 0.05) is 17.3 Å². The summed E-state index contributed by atoms with van der Waals surface area (Å²) in [5, 5.41) is 12.4. The van der Waals surface area contributed by atoms with Crippen molar-refractivity contribution in [1.29, 1.82) is 0 Å². The molecule has 0 atom stereocenters. The Kier molecular flexibility index (Phi) is 7.54. The Hall–Kier alpha value is -3.04. The summed E-state index contributed by atoms with van der Waals surface area (Å²) < 4.78 is 12.0. The van der Waals surface area contributed by atoms with Crippen LogP contribution in [0.25, 0.3) is 11.4 Å². The van der Waals surface area contributed by atoms with E-state index in [1.807, 2.05) is 11.5 Å². The summed E-state index contributed by atoms with van der Waals surface area (Å²) in [5.74, 6) is 0.652. The topological polar surface area (TPSA) is 95.3 Å². The zero-order valence-electron chi connectivity index (χ0n) is 17.2. The zero-order valence-corrected chi connectivity index (χ0v) is 18.8. The molecule has 0 saturated carbocycles. The lowest BCUT2D eigenvalue weighted by atomic mass is 10.2. The van der Waals surface area contributed by atoms with Gasteiger partial charge in [-0.25, -0.2) is 4.79 Å². The van der Waals surface area contributed by atoms with Gasteiger partial charge in [-0.1, -0.05) is 29.4 Å². The first kappa shape index (κ1) is 22.6. The van der Waals surface area contributed by atoms with Crippen LogP contribution in [0.15, 0.2) is 47.6 Å². The summed E-state index contributed by atoms with van der Waals surface area (Å²) in [6.45, 7) is 2.56. The second kappa shape index (κ2) is 10.3. The molecule has 0 aliphatic rings. The zero-order chi connectivity index (χ0) is 22.4. The Morgan fingerprint density at radius 2 is 1.97 bits per heavy atom. The predicted molar refractivity (Wildman–Crippen MR) is 120 cm³/mol. The molecule has 0 unspecified atom stereocenters. The molecule has 1 heterocycles. The van der Waals surface area contributed by atoms with Crippen LogP contribution in [0, 0.1) is 0 Å². The summed E-state index contributed by atoms with van der Waals surface area (Å²) >= 11 is 7.40. The third kappa shape index (κ3) is 5.36. The van der Waals surface area contributed by atoms with E-state index in [0.717, 1.165) is 5.56 Å². The van der Waals surface area contributed by atoms with E-state index in [1.165, 1.54) is 18.9 Å². The number of rotatable bonds is 8. The molecule has 1 amide bonds. The molecule has 0 saturated heterocycles. The maximum atomic E-state index is 12.4. The number of aromatic nitrogens is 3. The molecule has 1 N–H and O–H groups in total. The van der Waals surface area contributed by atoms with Crippen LogP contribution in [0.4, 0.5) is 5.69 Å².